The molecule has 0 aromatic carbocycles. The summed E-state index contributed by atoms with van der Waals surface area (Å²) in [7, 11) is 1.94. The summed E-state index contributed by atoms with van der Waals surface area (Å²) in [6.07, 6.45) is 1.97. The van der Waals surface area contributed by atoms with Gasteiger partial charge in [0.1, 0.15) is 5.69 Å². The molecule has 2 heterocycles. The minimum Gasteiger partial charge on any atom is -0.461 e. The lowest BCUT2D eigenvalue weighted by Crippen LogP contribution is -2.18. The highest BCUT2D eigenvalue weighted by Crippen LogP contribution is 2.18. The first kappa shape index (κ1) is 11.2. The zero-order valence-corrected chi connectivity index (χ0v) is 9.88. The van der Waals surface area contributed by atoms with Gasteiger partial charge in [0.25, 0.3) is 0 Å². The molecule has 0 saturated heterocycles. The Balaban J connectivity index is 2.31. The zero-order chi connectivity index (χ0) is 11.5. The fraction of sp³-hybridized carbons (Fsp3) is 0.583. The van der Waals surface area contributed by atoms with E-state index in [0.717, 1.165) is 25.9 Å². The summed E-state index contributed by atoms with van der Waals surface area (Å²) < 4.78 is 7.01. The third kappa shape index (κ3) is 1.97. The molecule has 16 heavy (non-hydrogen) atoms. The Morgan fingerprint density at radius 1 is 1.50 bits per heavy atom. The van der Waals surface area contributed by atoms with Gasteiger partial charge in [0.15, 0.2) is 0 Å². The number of ether oxygens (including phenoxy) is 1. The molecule has 0 amide bonds. The van der Waals surface area contributed by atoms with Crippen LogP contribution in [0.2, 0.25) is 0 Å². The van der Waals surface area contributed by atoms with Crippen molar-refractivity contribution in [3.8, 4) is 0 Å². The lowest BCUT2D eigenvalue weighted by molar-refractivity contribution is 0.0515. The van der Waals surface area contributed by atoms with Crippen LogP contribution in [0.15, 0.2) is 6.07 Å². The van der Waals surface area contributed by atoms with Gasteiger partial charge in [-0.2, -0.15) is 0 Å². The second-order valence-corrected chi connectivity index (χ2v) is 4.03. The number of fused-ring (bicyclic) bond motifs is 1. The summed E-state index contributed by atoms with van der Waals surface area (Å²) >= 11 is 0. The van der Waals surface area contributed by atoms with Gasteiger partial charge in [0, 0.05) is 25.7 Å². The first-order valence-corrected chi connectivity index (χ1v) is 5.79. The van der Waals surface area contributed by atoms with E-state index in [1.165, 1.54) is 11.3 Å². The van der Waals surface area contributed by atoms with Crippen molar-refractivity contribution >= 4 is 5.97 Å². The number of hydrogen-bond donors (Lipinski definition) is 1. The molecule has 1 aliphatic rings. The van der Waals surface area contributed by atoms with Crippen molar-refractivity contribution in [1.29, 1.82) is 0 Å². The molecule has 1 aliphatic heterocycles. The van der Waals surface area contributed by atoms with E-state index in [2.05, 4.69) is 5.32 Å². The lowest BCUT2D eigenvalue weighted by atomic mass is 10.1. The maximum Gasteiger partial charge on any atom is 0.354 e. The Hall–Kier alpha value is -1.29. The molecule has 0 radical (unpaired) electrons. The fourth-order valence-corrected chi connectivity index (χ4v) is 2.21. The average Bonchev–Trinajstić information content (AvgIpc) is 2.47. The maximum absolute atomic E-state index is 11.7. The van der Waals surface area contributed by atoms with Gasteiger partial charge >= 0.3 is 5.97 Å². The van der Waals surface area contributed by atoms with Gasteiger partial charge in [-0.05, 0) is 31.5 Å². The molecular weight excluding hydrogens is 204 g/mol. The number of hydrogen-bond acceptors (Lipinski definition) is 3. The number of aromatic nitrogens is 1. The van der Waals surface area contributed by atoms with Crippen molar-refractivity contribution in [1.82, 2.24) is 9.88 Å². The summed E-state index contributed by atoms with van der Waals surface area (Å²) in [5, 5.41) is 3.35. The van der Waals surface area contributed by atoms with E-state index in [1.54, 1.807) is 0 Å². The van der Waals surface area contributed by atoms with E-state index in [1.807, 2.05) is 24.6 Å². The van der Waals surface area contributed by atoms with Crippen LogP contribution in [-0.2, 0) is 24.6 Å². The predicted molar refractivity (Wildman–Crippen MR) is 61.6 cm³/mol. The van der Waals surface area contributed by atoms with Gasteiger partial charge in [0.2, 0.25) is 0 Å². The predicted octanol–water partition coefficient (Wildman–Crippen LogP) is 0.890. The molecule has 0 spiro atoms. The summed E-state index contributed by atoms with van der Waals surface area (Å²) in [4.78, 5) is 11.7. The number of rotatable bonds is 2. The highest BCUT2D eigenvalue weighted by molar-refractivity contribution is 5.88. The minimum atomic E-state index is -0.217. The van der Waals surface area contributed by atoms with Crippen molar-refractivity contribution < 1.29 is 9.53 Å². The maximum atomic E-state index is 11.7. The van der Waals surface area contributed by atoms with Crippen LogP contribution in [0.25, 0.3) is 0 Å². The Bertz CT molecular complexity index is 396. The third-order valence-corrected chi connectivity index (χ3v) is 3.04. The van der Waals surface area contributed by atoms with Gasteiger partial charge in [-0.25, -0.2) is 4.79 Å². The SMILES string of the molecule is CCOC(=O)c1cc2c(n1C)CCNCC2. The standard InChI is InChI=1S/C12H18N2O2/c1-3-16-12(15)11-8-9-4-6-13-7-5-10(9)14(11)2/h8,13H,3-7H2,1-2H3. The molecule has 1 aromatic rings. The van der Waals surface area contributed by atoms with Gasteiger partial charge in [-0.1, -0.05) is 0 Å². The van der Waals surface area contributed by atoms with Crippen LogP contribution in [0.5, 0.6) is 0 Å². The fourth-order valence-electron chi connectivity index (χ4n) is 2.21. The lowest BCUT2D eigenvalue weighted by Gasteiger charge is -2.06. The van der Waals surface area contributed by atoms with Crippen molar-refractivity contribution in [2.75, 3.05) is 19.7 Å². The first-order chi connectivity index (χ1) is 7.74. The average molecular weight is 222 g/mol. The number of carbonyl (C=O) groups is 1. The van der Waals surface area contributed by atoms with Crippen LogP contribution in [0.1, 0.15) is 28.7 Å². The molecule has 0 atom stereocenters. The quantitative estimate of drug-likeness (QED) is 0.756. The Labute approximate surface area is 95.6 Å². The Morgan fingerprint density at radius 3 is 3.00 bits per heavy atom. The van der Waals surface area contributed by atoms with Crippen molar-refractivity contribution in [3.63, 3.8) is 0 Å². The topological polar surface area (TPSA) is 43.3 Å². The number of carbonyl (C=O) groups excluding carboxylic acids is 1. The zero-order valence-electron chi connectivity index (χ0n) is 9.88. The van der Waals surface area contributed by atoms with Crippen LogP contribution in [0, 0.1) is 0 Å². The van der Waals surface area contributed by atoms with E-state index in [4.69, 9.17) is 4.74 Å². The van der Waals surface area contributed by atoms with Gasteiger partial charge in [-0.15, -0.1) is 0 Å². The van der Waals surface area contributed by atoms with Crippen LogP contribution in [-0.4, -0.2) is 30.2 Å². The van der Waals surface area contributed by atoms with E-state index in [0.29, 0.717) is 12.3 Å². The van der Waals surface area contributed by atoms with E-state index in [-0.39, 0.29) is 5.97 Å². The summed E-state index contributed by atoms with van der Waals surface area (Å²) in [5.74, 6) is -0.217. The van der Waals surface area contributed by atoms with Crippen LogP contribution in [0.4, 0.5) is 0 Å². The van der Waals surface area contributed by atoms with E-state index in [9.17, 15) is 4.79 Å². The molecule has 0 unspecified atom stereocenters. The van der Waals surface area contributed by atoms with Crippen LogP contribution >= 0.6 is 0 Å². The number of nitrogens with zero attached hydrogens (tertiary/aromatic N) is 1. The monoisotopic (exact) mass is 222 g/mol. The first-order valence-electron chi connectivity index (χ1n) is 5.79. The van der Waals surface area contributed by atoms with Gasteiger partial charge in [-0.3, -0.25) is 0 Å². The third-order valence-electron chi connectivity index (χ3n) is 3.04. The summed E-state index contributed by atoms with van der Waals surface area (Å²) in [6, 6.07) is 1.97. The molecule has 4 nitrogen and oxygen atoms in total. The molecule has 0 saturated carbocycles. The second kappa shape index (κ2) is 4.70. The number of nitrogens with one attached hydrogen (secondary N) is 1. The normalized spacial score (nSPS) is 15.4. The Kier molecular flexibility index (Phi) is 3.29. The second-order valence-electron chi connectivity index (χ2n) is 4.03. The molecule has 1 N–H and O–H groups in total. The summed E-state index contributed by atoms with van der Waals surface area (Å²) in [6.45, 7) is 4.22. The largest absolute Gasteiger partial charge is 0.461 e. The number of esters is 1. The molecule has 0 bridgehead atoms. The molecule has 4 heteroatoms. The smallest absolute Gasteiger partial charge is 0.354 e. The van der Waals surface area contributed by atoms with Crippen LogP contribution in [0.3, 0.4) is 0 Å². The van der Waals surface area contributed by atoms with Crippen molar-refractivity contribution in [3.05, 3.63) is 23.0 Å². The van der Waals surface area contributed by atoms with Gasteiger partial charge in [0.05, 0.1) is 6.61 Å². The van der Waals surface area contributed by atoms with Crippen molar-refractivity contribution in [2.45, 2.75) is 19.8 Å². The molecule has 2 rings (SSSR count). The van der Waals surface area contributed by atoms with Crippen LogP contribution < -0.4 is 5.32 Å². The van der Waals surface area contributed by atoms with Gasteiger partial charge < -0.3 is 14.6 Å². The van der Waals surface area contributed by atoms with E-state index >= 15 is 0 Å². The summed E-state index contributed by atoms with van der Waals surface area (Å²) in [5.41, 5.74) is 3.21. The highest BCUT2D eigenvalue weighted by atomic mass is 16.5. The molecule has 0 aliphatic carbocycles. The van der Waals surface area contributed by atoms with Crippen molar-refractivity contribution in [2.24, 2.45) is 7.05 Å². The molecule has 1 aromatic heterocycles. The van der Waals surface area contributed by atoms with E-state index < -0.39 is 0 Å². The molecule has 0 fully saturated rings. The highest BCUT2D eigenvalue weighted by Gasteiger charge is 2.19. The minimum absolute atomic E-state index is 0.217. The molecule has 88 valence electrons. The molecular formula is C12H18N2O2. The Morgan fingerprint density at radius 2 is 2.25 bits per heavy atom.